The lowest BCUT2D eigenvalue weighted by Crippen LogP contribution is -2.41. The maximum Gasteiger partial charge on any atom is 0.333 e. The fraction of sp³-hybridized carbons (Fsp3) is 0. The van der Waals surface area contributed by atoms with Gasteiger partial charge in [0.2, 0.25) is 0 Å². The lowest BCUT2D eigenvalue weighted by Gasteiger charge is -2.21. The number of carbonyl (C=O) groups excluding carboxylic acids is 2. The molecule has 0 unspecified atom stereocenters. The van der Waals surface area contributed by atoms with Gasteiger partial charge in [0, 0.05) is 10.8 Å². The molecule has 26 heavy (non-hydrogen) atoms. The Kier molecular flexibility index (Phi) is 3.33. The zero-order valence-corrected chi connectivity index (χ0v) is 13.6. The van der Waals surface area contributed by atoms with E-state index in [9.17, 15) is 9.59 Å². The fourth-order valence-corrected chi connectivity index (χ4v) is 3.43. The van der Waals surface area contributed by atoms with E-state index in [1.54, 1.807) is 12.1 Å². The average Bonchev–Trinajstić information content (AvgIpc) is 2.64. The molecule has 4 aromatic carbocycles. The number of benzene rings is 4. The molecule has 0 atom stereocenters. The van der Waals surface area contributed by atoms with Crippen molar-refractivity contribution in [1.82, 2.24) is 0 Å². The van der Waals surface area contributed by atoms with Crippen molar-refractivity contribution in [3.63, 3.8) is 0 Å². The lowest BCUT2D eigenvalue weighted by molar-refractivity contribution is 0.253. The van der Waals surface area contributed by atoms with Gasteiger partial charge in [-0.25, -0.2) is 31.3 Å². The first kappa shape index (κ1) is 15.9. The Bertz CT molecular complexity index is 1100. The van der Waals surface area contributed by atoms with E-state index in [4.69, 9.17) is 23.2 Å². The normalized spacial score (nSPS) is 11.3. The highest BCUT2D eigenvalue weighted by molar-refractivity contribution is 6.28. The van der Waals surface area contributed by atoms with Crippen molar-refractivity contribution >= 4 is 55.8 Å². The molecule has 0 heterocycles. The molecule has 4 amide bonds. The number of amides is 4. The standard InChI is InChI=1S/C18H16N6O2/c19-17(25)23(21)13-8-4-10-2-6-12-14(24(22)18(20)26)7-3-9-1-5-11(13)16(10)15(9)12/h1-8H,21-22H2,(H2,19,25)(H2,20,26). The smallest absolute Gasteiger partial charge is 0.333 e. The maximum atomic E-state index is 11.5. The third-order valence-corrected chi connectivity index (χ3v) is 4.61. The summed E-state index contributed by atoms with van der Waals surface area (Å²) in [7, 11) is 0. The number of anilines is 2. The van der Waals surface area contributed by atoms with Crippen LogP contribution in [0, 0.1) is 0 Å². The predicted octanol–water partition coefficient (Wildman–Crippen LogP) is 2.10. The molecule has 0 saturated carbocycles. The molecule has 0 aliphatic carbocycles. The summed E-state index contributed by atoms with van der Waals surface area (Å²) in [6.07, 6.45) is 0. The summed E-state index contributed by atoms with van der Waals surface area (Å²) in [6, 6.07) is 13.3. The fourth-order valence-electron chi connectivity index (χ4n) is 3.43. The molecule has 4 rings (SSSR count). The largest absolute Gasteiger partial charge is 0.350 e. The van der Waals surface area contributed by atoms with Crippen molar-refractivity contribution in [3.8, 4) is 0 Å². The number of hydrogen-bond acceptors (Lipinski definition) is 4. The zero-order valence-electron chi connectivity index (χ0n) is 13.6. The van der Waals surface area contributed by atoms with Crippen LogP contribution in [0.3, 0.4) is 0 Å². The van der Waals surface area contributed by atoms with E-state index in [2.05, 4.69) is 0 Å². The molecular weight excluding hydrogens is 332 g/mol. The number of carbonyl (C=O) groups is 2. The first-order valence-electron chi connectivity index (χ1n) is 7.79. The first-order chi connectivity index (χ1) is 12.4. The van der Waals surface area contributed by atoms with Gasteiger partial charge in [-0.3, -0.25) is 0 Å². The predicted molar refractivity (Wildman–Crippen MR) is 103 cm³/mol. The van der Waals surface area contributed by atoms with Crippen LogP contribution in [-0.4, -0.2) is 12.1 Å². The van der Waals surface area contributed by atoms with E-state index in [1.807, 2.05) is 36.4 Å². The van der Waals surface area contributed by atoms with Crippen molar-refractivity contribution in [1.29, 1.82) is 0 Å². The Balaban J connectivity index is 2.15. The second-order valence-corrected chi connectivity index (χ2v) is 6.01. The molecule has 0 aromatic heterocycles. The number of nitrogens with zero attached hydrogens (tertiary/aromatic N) is 2. The van der Waals surface area contributed by atoms with Crippen LogP contribution in [0.25, 0.3) is 32.3 Å². The van der Waals surface area contributed by atoms with Crippen molar-refractivity contribution < 1.29 is 9.59 Å². The van der Waals surface area contributed by atoms with Crippen molar-refractivity contribution in [2.45, 2.75) is 0 Å². The number of hydrazine groups is 2. The van der Waals surface area contributed by atoms with Crippen LogP contribution in [-0.2, 0) is 0 Å². The molecule has 8 nitrogen and oxygen atoms in total. The average molecular weight is 348 g/mol. The van der Waals surface area contributed by atoms with Gasteiger partial charge in [-0.15, -0.1) is 0 Å². The summed E-state index contributed by atoms with van der Waals surface area (Å²) in [5.41, 5.74) is 11.6. The first-order valence-corrected chi connectivity index (χ1v) is 7.79. The van der Waals surface area contributed by atoms with E-state index in [0.29, 0.717) is 11.4 Å². The highest BCUT2D eigenvalue weighted by Crippen LogP contribution is 2.41. The molecule has 0 saturated heterocycles. The molecule has 0 spiro atoms. The summed E-state index contributed by atoms with van der Waals surface area (Å²) < 4.78 is 0. The molecular formula is C18H16N6O2. The molecule has 0 bridgehead atoms. The number of nitrogens with two attached hydrogens (primary N) is 4. The van der Waals surface area contributed by atoms with Gasteiger partial charge in [0.05, 0.1) is 11.4 Å². The van der Waals surface area contributed by atoms with E-state index in [0.717, 1.165) is 42.3 Å². The van der Waals surface area contributed by atoms with E-state index in [1.165, 1.54) is 0 Å². The minimum Gasteiger partial charge on any atom is -0.350 e. The van der Waals surface area contributed by atoms with E-state index >= 15 is 0 Å². The summed E-state index contributed by atoms with van der Waals surface area (Å²) in [5.74, 6) is 11.6. The number of urea groups is 2. The number of rotatable bonds is 2. The molecule has 0 radical (unpaired) electrons. The summed E-state index contributed by atoms with van der Waals surface area (Å²) in [5, 5.41) is 7.06. The van der Waals surface area contributed by atoms with Crippen LogP contribution < -0.4 is 33.2 Å². The van der Waals surface area contributed by atoms with Crippen molar-refractivity contribution in [2.75, 3.05) is 10.0 Å². The minimum absolute atomic E-state index is 0.490. The Labute approximate surface area is 147 Å². The van der Waals surface area contributed by atoms with Crippen LogP contribution in [0.5, 0.6) is 0 Å². The van der Waals surface area contributed by atoms with Gasteiger partial charge in [-0.2, -0.15) is 0 Å². The Morgan fingerprint density at radius 1 is 0.615 bits per heavy atom. The Hall–Kier alpha value is -3.62. The van der Waals surface area contributed by atoms with Crippen LogP contribution in [0.4, 0.5) is 21.0 Å². The summed E-state index contributed by atoms with van der Waals surface area (Å²) in [6.45, 7) is 0. The monoisotopic (exact) mass is 348 g/mol. The summed E-state index contributed by atoms with van der Waals surface area (Å²) >= 11 is 0. The van der Waals surface area contributed by atoms with Gasteiger partial charge in [-0.05, 0) is 33.7 Å². The van der Waals surface area contributed by atoms with Gasteiger partial charge in [0.15, 0.2) is 0 Å². The molecule has 8 heteroatoms. The van der Waals surface area contributed by atoms with Crippen molar-refractivity contribution in [2.24, 2.45) is 23.2 Å². The van der Waals surface area contributed by atoms with Crippen LogP contribution >= 0.6 is 0 Å². The Morgan fingerprint density at radius 3 is 1.31 bits per heavy atom. The molecule has 4 aromatic rings. The SMILES string of the molecule is NC(=O)N(N)c1ccc2ccc3c(N(N)C(N)=O)ccc4ccc1c2c43. The molecule has 0 aliphatic rings. The topological polar surface area (TPSA) is 145 Å². The van der Waals surface area contributed by atoms with Crippen LogP contribution in [0.1, 0.15) is 0 Å². The highest BCUT2D eigenvalue weighted by Gasteiger charge is 2.18. The van der Waals surface area contributed by atoms with Crippen LogP contribution in [0.15, 0.2) is 48.5 Å². The summed E-state index contributed by atoms with van der Waals surface area (Å²) in [4.78, 5) is 23.1. The van der Waals surface area contributed by atoms with Gasteiger partial charge >= 0.3 is 12.1 Å². The van der Waals surface area contributed by atoms with Gasteiger partial charge < -0.3 is 11.5 Å². The number of primary amides is 2. The second-order valence-electron chi connectivity index (χ2n) is 6.01. The number of hydrogen-bond donors (Lipinski definition) is 4. The molecule has 0 aliphatic heterocycles. The van der Waals surface area contributed by atoms with Crippen molar-refractivity contribution in [3.05, 3.63) is 48.5 Å². The lowest BCUT2D eigenvalue weighted by atomic mass is 9.92. The maximum absolute atomic E-state index is 11.5. The zero-order chi connectivity index (χ0) is 18.6. The van der Waals surface area contributed by atoms with Gasteiger partial charge in [0.1, 0.15) is 0 Å². The quantitative estimate of drug-likeness (QED) is 0.190. The highest BCUT2D eigenvalue weighted by atomic mass is 16.2. The van der Waals surface area contributed by atoms with E-state index in [-0.39, 0.29) is 0 Å². The second kappa shape index (κ2) is 5.45. The van der Waals surface area contributed by atoms with Gasteiger partial charge in [0.25, 0.3) is 0 Å². The molecule has 8 N–H and O–H groups in total. The molecule has 130 valence electrons. The van der Waals surface area contributed by atoms with Gasteiger partial charge in [-0.1, -0.05) is 36.4 Å². The molecule has 0 fully saturated rings. The minimum atomic E-state index is -0.761. The van der Waals surface area contributed by atoms with Crippen LogP contribution in [0.2, 0.25) is 0 Å². The third-order valence-electron chi connectivity index (χ3n) is 4.61. The Morgan fingerprint density at radius 2 is 0.962 bits per heavy atom. The third kappa shape index (κ3) is 2.10. The van der Waals surface area contributed by atoms with E-state index < -0.39 is 12.1 Å².